The van der Waals surface area contributed by atoms with Crippen LogP contribution in [0.3, 0.4) is 0 Å². The van der Waals surface area contributed by atoms with E-state index in [1.54, 1.807) is 11.8 Å². The molecule has 3 N–H and O–H groups in total. The van der Waals surface area contributed by atoms with Gasteiger partial charge in [0.2, 0.25) is 0 Å². The van der Waals surface area contributed by atoms with Crippen molar-refractivity contribution in [2.45, 2.75) is 11.0 Å². The minimum atomic E-state index is -0.569. The molecule has 1 rings (SSSR count). The van der Waals surface area contributed by atoms with Crippen molar-refractivity contribution in [2.75, 3.05) is 12.8 Å². The molecule has 0 heterocycles. The predicted molar refractivity (Wildman–Crippen MR) is 59.9 cm³/mol. The highest BCUT2D eigenvalue weighted by molar-refractivity contribution is 9.10. The van der Waals surface area contributed by atoms with Crippen LogP contribution in [-0.2, 0) is 0 Å². The third-order valence-electron chi connectivity index (χ3n) is 1.77. The minimum Gasteiger partial charge on any atom is -0.387 e. The molecule has 1 unspecified atom stereocenters. The molecule has 0 fully saturated rings. The number of thioether (sulfide) groups is 1. The van der Waals surface area contributed by atoms with Crippen molar-refractivity contribution in [3.63, 3.8) is 0 Å². The van der Waals surface area contributed by atoms with Crippen molar-refractivity contribution in [1.29, 1.82) is 0 Å². The van der Waals surface area contributed by atoms with E-state index < -0.39 is 6.10 Å². The lowest BCUT2D eigenvalue weighted by Crippen LogP contribution is -2.12. The average molecular weight is 262 g/mol. The zero-order valence-electron chi connectivity index (χ0n) is 7.33. The molecular weight excluding hydrogens is 250 g/mol. The second-order valence-corrected chi connectivity index (χ2v) is 4.40. The van der Waals surface area contributed by atoms with E-state index in [0.717, 1.165) is 14.9 Å². The van der Waals surface area contributed by atoms with E-state index in [0.29, 0.717) is 0 Å². The van der Waals surface area contributed by atoms with E-state index in [4.69, 9.17) is 5.73 Å². The summed E-state index contributed by atoms with van der Waals surface area (Å²) in [6, 6.07) is 5.84. The Hall–Kier alpha value is -0.0300. The fourth-order valence-corrected chi connectivity index (χ4v) is 2.11. The largest absolute Gasteiger partial charge is 0.387 e. The van der Waals surface area contributed by atoms with Crippen LogP contribution in [0.2, 0.25) is 0 Å². The van der Waals surface area contributed by atoms with Gasteiger partial charge in [-0.1, -0.05) is 15.9 Å². The SMILES string of the molecule is CSc1ccc(Br)cc1C(O)CN. The van der Waals surface area contributed by atoms with Gasteiger partial charge >= 0.3 is 0 Å². The average Bonchev–Trinajstić information content (AvgIpc) is 2.16. The summed E-state index contributed by atoms with van der Waals surface area (Å²) in [5, 5.41) is 9.61. The van der Waals surface area contributed by atoms with Gasteiger partial charge in [0.1, 0.15) is 0 Å². The van der Waals surface area contributed by atoms with Crippen LogP contribution in [-0.4, -0.2) is 17.9 Å². The number of rotatable bonds is 3. The van der Waals surface area contributed by atoms with Crippen LogP contribution in [0, 0.1) is 0 Å². The molecule has 2 nitrogen and oxygen atoms in total. The second kappa shape index (κ2) is 5.00. The summed E-state index contributed by atoms with van der Waals surface area (Å²) in [5.41, 5.74) is 6.30. The maximum Gasteiger partial charge on any atom is 0.0923 e. The van der Waals surface area contributed by atoms with Crippen LogP contribution in [0.5, 0.6) is 0 Å². The lowest BCUT2D eigenvalue weighted by atomic mass is 10.1. The molecule has 0 bridgehead atoms. The molecular formula is C9H12BrNOS. The van der Waals surface area contributed by atoms with Gasteiger partial charge in [0.25, 0.3) is 0 Å². The van der Waals surface area contributed by atoms with Gasteiger partial charge in [0.05, 0.1) is 6.10 Å². The third kappa shape index (κ3) is 2.71. The van der Waals surface area contributed by atoms with Gasteiger partial charge in [0.15, 0.2) is 0 Å². The highest BCUT2D eigenvalue weighted by atomic mass is 79.9. The molecule has 0 spiro atoms. The molecule has 1 aromatic rings. The zero-order chi connectivity index (χ0) is 9.84. The zero-order valence-corrected chi connectivity index (χ0v) is 9.73. The molecule has 0 aromatic heterocycles. The highest BCUT2D eigenvalue weighted by Gasteiger charge is 2.10. The Morgan fingerprint density at radius 2 is 2.31 bits per heavy atom. The number of nitrogens with two attached hydrogens (primary N) is 1. The molecule has 0 aliphatic rings. The Morgan fingerprint density at radius 1 is 1.62 bits per heavy atom. The molecule has 0 aliphatic carbocycles. The monoisotopic (exact) mass is 261 g/mol. The fraction of sp³-hybridized carbons (Fsp3) is 0.333. The van der Waals surface area contributed by atoms with Crippen molar-refractivity contribution >= 4 is 27.7 Å². The van der Waals surface area contributed by atoms with E-state index in [-0.39, 0.29) is 6.54 Å². The topological polar surface area (TPSA) is 46.2 Å². The van der Waals surface area contributed by atoms with Crippen LogP contribution in [0.15, 0.2) is 27.6 Å². The number of aliphatic hydroxyl groups excluding tert-OH is 1. The number of halogens is 1. The first-order chi connectivity index (χ1) is 6.19. The molecule has 0 radical (unpaired) electrons. The molecule has 0 aliphatic heterocycles. The summed E-state index contributed by atoms with van der Waals surface area (Å²) in [6.45, 7) is 0.254. The maximum atomic E-state index is 9.61. The molecule has 13 heavy (non-hydrogen) atoms. The predicted octanol–water partition coefficient (Wildman–Crippen LogP) is 2.16. The van der Waals surface area contributed by atoms with Crippen molar-refractivity contribution in [1.82, 2.24) is 0 Å². The van der Waals surface area contributed by atoms with Gasteiger partial charge in [-0.15, -0.1) is 11.8 Å². The molecule has 1 aromatic carbocycles. The Morgan fingerprint density at radius 3 is 2.85 bits per heavy atom. The Bertz CT molecular complexity index is 293. The van der Waals surface area contributed by atoms with E-state index in [1.165, 1.54) is 0 Å². The first-order valence-corrected chi connectivity index (χ1v) is 5.92. The van der Waals surface area contributed by atoms with Gasteiger partial charge < -0.3 is 10.8 Å². The van der Waals surface area contributed by atoms with Crippen molar-refractivity contribution in [2.24, 2.45) is 5.73 Å². The summed E-state index contributed by atoms with van der Waals surface area (Å²) >= 11 is 4.97. The molecule has 0 saturated heterocycles. The van der Waals surface area contributed by atoms with E-state index in [9.17, 15) is 5.11 Å². The minimum absolute atomic E-state index is 0.254. The molecule has 4 heteroatoms. The van der Waals surface area contributed by atoms with Crippen LogP contribution in [0.4, 0.5) is 0 Å². The van der Waals surface area contributed by atoms with Crippen molar-refractivity contribution in [3.8, 4) is 0 Å². The van der Waals surface area contributed by atoms with Crippen molar-refractivity contribution < 1.29 is 5.11 Å². The van der Waals surface area contributed by atoms with Crippen LogP contribution < -0.4 is 5.73 Å². The summed E-state index contributed by atoms with van der Waals surface area (Å²) in [5.74, 6) is 0. The van der Waals surface area contributed by atoms with Crippen LogP contribution in [0.1, 0.15) is 11.7 Å². The quantitative estimate of drug-likeness (QED) is 0.820. The number of hydrogen-bond acceptors (Lipinski definition) is 3. The van der Waals surface area contributed by atoms with Crippen LogP contribution in [0.25, 0.3) is 0 Å². The molecule has 1 atom stereocenters. The van der Waals surface area contributed by atoms with E-state index in [2.05, 4.69) is 15.9 Å². The van der Waals surface area contributed by atoms with Gasteiger partial charge in [-0.2, -0.15) is 0 Å². The van der Waals surface area contributed by atoms with Crippen molar-refractivity contribution in [3.05, 3.63) is 28.2 Å². The summed E-state index contributed by atoms with van der Waals surface area (Å²) in [7, 11) is 0. The highest BCUT2D eigenvalue weighted by Crippen LogP contribution is 2.28. The van der Waals surface area contributed by atoms with Gasteiger partial charge in [-0.3, -0.25) is 0 Å². The second-order valence-electron chi connectivity index (χ2n) is 2.64. The smallest absolute Gasteiger partial charge is 0.0923 e. The van der Waals surface area contributed by atoms with E-state index >= 15 is 0 Å². The number of aliphatic hydroxyl groups is 1. The van der Waals surface area contributed by atoms with E-state index in [1.807, 2.05) is 24.5 Å². The van der Waals surface area contributed by atoms with Gasteiger partial charge in [0, 0.05) is 15.9 Å². The number of benzene rings is 1. The lowest BCUT2D eigenvalue weighted by molar-refractivity contribution is 0.184. The summed E-state index contributed by atoms with van der Waals surface area (Å²) in [6.07, 6.45) is 1.41. The normalized spacial score (nSPS) is 12.9. The Kier molecular flexibility index (Phi) is 4.25. The Labute approximate surface area is 90.7 Å². The number of hydrogen-bond donors (Lipinski definition) is 2. The molecule has 72 valence electrons. The Balaban J connectivity index is 3.07. The first kappa shape index (κ1) is 11.0. The summed E-state index contributed by atoms with van der Waals surface area (Å²) < 4.78 is 0.966. The standard InChI is InChI=1S/C9H12BrNOS/c1-13-9-3-2-6(10)4-7(9)8(12)5-11/h2-4,8,12H,5,11H2,1H3. The lowest BCUT2D eigenvalue weighted by Gasteiger charge is -2.12. The molecule has 0 amide bonds. The third-order valence-corrected chi connectivity index (χ3v) is 3.08. The fourth-order valence-electron chi connectivity index (χ4n) is 1.09. The maximum absolute atomic E-state index is 9.61. The van der Waals surface area contributed by atoms with Gasteiger partial charge in [-0.05, 0) is 30.0 Å². The first-order valence-electron chi connectivity index (χ1n) is 3.90. The van der Waals surface area contributed by atoms with Crippen LogP contribution >= 0.6 is 27.7 Å². The molecule has 0 saturated carbocycles. The van der Waals surface area contributed by atoms with Gasteiger partial charge in [-0.25, -0.2) is 0 Å². The summed E-state index contributed by atoms with van der Waals surface area (Å²) in [4.78, 5) is 1.07.